The molecule has 5 aromatic carbocycles. The number of hydrogen-bond donors (Lipinski definition) is 8. The van der Waals surface area contributed by atoms with E-state index in [-0.39, 0.29) is 60.3 Å². The first-order valence-electron chi connectivity index (χ1n) is 19.5. The fraction of sp³-hybridized carbons (Fsp3) is 0.159. The fourth-order valence-electron chi connectivity index (χ4n) is 7.05. The highest BCUT2D eigenvalue weighted by Crippen LogP contribution is 2.56. The van der Waals surface area contributed by atoms with Crippen molar-refractivity contribution in [2.24, 2.45) is 11.5 Å². The van der Waals surface area contributed by atoms with Crippen LogP contribution in [-0.2, 0) is 19.9 Å². The first-order chi connectivity index (χ1) is 30.4. The van der Waals surface area contributed by atoms with Gasteiger partial charge >= 0.3 is 18.2 Å². The van der Waals surface area contributed by atoms with Crippen molar-refractivity contribution in [1.82, 2.24) is 32.1 Å². The van der Waals surface area contributed by atoms with Gasteiger partial charge in [-0.1, -0.05) is 54.6 Å². The molecule has 2 atom stereocenters. The highest BCUT2D eigenvalue weighted by Gasteiger charge is 2.53. The molecule has 2 radical (unpaired) electrons. The molecule has 7 rings (SSSR count). The van der Waals surface area contributed by atoms with Crippen molar-refractivity contribution < 1.29 is 42.9 Å². The zero-order chi connectivity index (χ0) is 44.5. The van der Waals surface area contributed by atoms with E-state index in [0.29, 0.717) is 22.3 Å². The van der Waals surface area contributed by atoms with Gasteiger partial charge in [0.05, 0.1) is 5.56 Å². The number of amides is 4. The second-order valence-corrected chi connectivity index (χ2v) is 14.1. The number of carbonyl (C=O) groups excluding carboxylic acids is 5. The van der Waals surface area contributed by atoms with Gasteiger partial charge in [0.1, 0.15) is 35.1 Å². The maximum absolute atomic E-state index is 13.7. The third kappa shape index (κ3) is 9.89. The Morgan fingerprint density at radius 1 is 0.603 bits per heavy atom. The molecule has 0 saturated heterocycles. The number of rotatable bonds is 14. The van der Waals surface area contributed by atoms with Gasteiger partial charge in [0, 0.05) is 53.3 Å². The van der Waals surface area contributed by atoms with Gasteiger partial charge in [0.25, 0.3) is 0 Å². The van der Waals surface area contributed by atoms with E-state index in [1.807, 2.05) is 0 Å². The van der Waals surface area contributed by atoms with Crippen LogP contribution in [0.5, 0.6) is 23.0 Å². The van der Waals surface area contributed by atoms with Crippen LogP contribution in [-0.4, -0.2) is 67.1 Å². The predicted molar refractivity (Wildman–Crippen MR) is 229 cm³/mol. The summed E-state index contributed by atoms with van der Waals surface area (Å²) in [4.78, 5) is 66.6. The van der Waals surface area contributed by atoms with Crippen LogP contribution in [0, 0.1) is 0 Å². The van der Waals surface area contributed by atoms with Gasteiger partial charge in [0.15, 0.2) is 5.60 Å². The third-order valence-electron chi connectivity index (χ3n) is 9.85. The Morgan fingerprint density at radius 3 is 1.51 bits per heavy atom. The Hall–Kier alpha value is -8.61. The summed E-state index contributed by atoms with van der Waals surface area (Å²) in [5, 5.41) is 34.5. The molecule has 2 unspecified atom stereocenters. The minimum Gasteiger partial charge on any atom is -0.456 e. The number of guanidine groups is 2. The van der Waals surface area contributed by atoms with E-state index in [1.165, 1.54) is 12.1 Å². The number of carbonyl (C=O) groups is 5. The number of fused-ring (bicyclic) bond motifs is 6. The Kier molecular flexibility index (Phi) is 12.7. The van der Waals surface area contributed by atoms with Crippen molar-refractivity contribution in [3.8, 4) is 23.0 Å². The lowest BCUT2D eigenvalue weighted by Gasteiger charge is -2.37. The Balaban J connectivity index is 1.16. The highest BCUT2D eigenvalue weighted by atomic mass is 16.6. The molecule has 19 heteroatoms. The molecule has 0 saturated carbocycles. The van der Waals surface area contributed by atoms with E-state index in [4.69, 9.17) is 30.4 Å². The van der Waals surface area contributed by atoms with Crippen LogP contribution in [0.4, 0.5) is 21.0 Å². The SMILES string of the molecule is [N]=C(N)NCCC(NC(=O)Oc1ccccc1)C(=O)Nc1ccc2c(c1)Oc1cc(NC(=O)C(CCNC(=[N])N)NC(=O)Oc3ccccc3)ccc1C21OC(=O)c2ccccc21. The van der Waals surface area contributed by atoms with Crippen molar-refractivity contribution in [1.29, 1.82) is 0 Å². The summed E-state index contributed by atoms with van der Waals surface area (Å²) in [6, 6.07) is 30.5. The monoisotopic (exact) mass is 852 g/mol. The molecule has 2 heterocycles. The number of ether oxygens (including phenoxy) is 4. The number of para-hydroxylation sites is 2. The Bertz CT molecular complexity index is 2430. The number of esters is 1. The molecule has 19 nitrogen and oxygen atoms in total. The smallest absolute Gasteiger partial charge is 0.413 e. The van der Waals surface area contributed by atoms with Crippen molar-refractivity contribution >= 4 is 53.3 Å². The molecular formula is C44H40N10O9. The molecule has 2 aliphatic rings. The number of anilines is 2. The van der Waals surface area contributed by atoms with E-state index in [2.05, 4.69) is 31.9 Å². The summed E-state index contributed by atoms with van der Waals surface area (Å²) in [5.74, 6) is -2.19. The van der Waals surface area contributed by atoms with Crippen LogP contribution in [0.2, 0.25) is 0 Å². The van der Waals surface area contributed by atoms with Gasteiger partial charge in [-0.2, -0.15) is 0 Å². The second-order valence-electron chi connectivity index (χ2n) is 14.1. The van der Waals surface area contributed by atoms with Gasteiger partial charge in [0.2, 0.25) is 23.7 Å². The third-order valence-corrected chi connectivity index (χ3v) is 9.85. The number of hydrogen-bond acceptors (Lipinski definition) is 9. The largest absolute Gasteiger partial charge is 0.456 e. The normalized spacial score (nSPS) is 15.0. The Labute approximate surface area is 359 Å². The lowest BCUT2D eigenvalue weighted by Crippen LogP contribution is -2.47. The molecule has 4 amide bonds. The van der Waals surface area contributed by atoms with Crippen molar-refractivity contribution in [3.63, 3.8) is 0 Å². The van der Waals surface area contributed by atoms with Crippen LogP contribution in [0.3, 0.4) is 0 Å². The molecule has 320 valence electrons. The van der Waals surface area contributed by atoms with Crippen LogP contribution < -0.4 is 68.4 Å². The molecular weight excluding hydrogens is 813 g/mol. The molecule has 0 aliphatic carbocycles. The van der Waals surface area contributed by atoms with Crippen LogP contribution in [0.25, 0.3) is 0 Å². The van der Waals surface area contributed by atoms with E-state index in [9.17, 15) is 34.8 Å². The average molecular weight is 853 g/mol. The van der Waals surface area contributed by atoms with Gasteiger partial charge in [-0.05, 0) is 67.4 Å². The maximum Gasteiger partial charge on any atom is 0.413 e. The van der Waals surface area contributed by atoms with E-state index in [0.717, 1.165) is 0 Å². The summed E-state index contributed by atoms with van der Waals surface area (Å²) in [5.41, 5.74) is 11.3. The van der Waals surface area contributed by atoms with Crippen molar-refractivity contribution in [2.45, 2.75) is 30.5 Å². The molecule has 2 aliphatic heterocycles. The van der Waals surface area contributed by atoms with E-state index in [1.54, 1.807) is 109 Å². The van der Waals surface area contributed by atoms with Crippen molar-refractivity contribution in [2.75, 3.05) is 23.7 Å². The Morgan fingerprint density at radius 2 is 1.05 bits per heavy atom. The molecule has 0 fully saturated rings. The predicted octanol–water partition coefficient (Wildman–Crippen LogP) is 2.64. The topological polar surface area (TPSA) is 291 Å². The van der Waals surface area contributed by atoms with Crippen LogP contribution in [0.15, 0.2) is 121 Å². The first kappa shape index (κ1) is 42.5. The quantitative estimate of drug-likeness (QED) is 0.0454. The van der Waals surface area contributed by atoms with E-state index < -0.39 is 59.6 Å². The molecule has 0 bridgehead atoms. The summed E-state index contributed by atoms with van der Waals surface area (Å²) < 4.78 is 23.3. The molecule has 0 aromatic heterocycles. The zero-order valence-corrected chi connectivity index (χ0v) is 33.3. The lowest BCUT2D eigenvalue weighted by atomic mass is 9.77. The summed E-state index contributed by atoms with van der Waals surface area (Å²) in [6.45, 7) is 0.00725. The summed E-state index contributed by atoms with van der Waals surface area (Å²) >= 11 is 0. The highest BCUT2D eigenvalue weighted by molar-refractivity contribution is 6.00. The average Bonchev–Trinajstić information content (AvgIpc) is 3.55. The fourth-order valence-corrected chi connectivity index (χ4v) is 7.05. The maximum atomic E-state index is 13.7. The van der Waals surface area contributed by atoms with Gasteiger partial charge in [-0.15, -0.1) is 10.8 Å². The van der Waals surface area contributed by atoms with Gasteiger partial charge < -0.3 is 62.3 Å². The van der Waals surface area contributed by atoms with Gasteiger partial charge in [-0.25, -0.2) is 14.4 Å². The number of nitrogens with one attached hydrogen (secondary N) is 6. The molecule has 1 spiro atoms. The minimum absolute atomic E-state index is 0.00362. The zero-order valence-electron chi connectivity index (χ0n) is 33.3. The molecule has 5 aromatic rings. The number of benzene rings is 5. The lowest BCUT2D eigenvalue weighted by molar-refractivity contribution is -0.118. The molecule has 63 heavy (non-hydrogen) atoms. The minimum atomic E-state index is -1.52. The van der Waals surface area contributed by atoms with Crippen molar-refractivity contribution in [3.05, 3.63) is 144 Å². The first-order valence-corrected chi connectivity index (χ1v) is 19.5. The molecule has 10 N–H and O–H groups in total. The second kappa shape index (κ2) is 18.8. The summed E-state index contributed by atoms with van der Waals surface area (Å²) in [6.07, 6.45) is -1.85. The van der Waals surface area contributed by atoms with Gasteiger partial charge in [-0.3, -0.25) is 9.59 Å². The van der Waals surface area contributed by atoms with E-state index >= 15 is 0 Å². The number of nitrogens with two attached hydrogens (primary N) is 2. The standard InChI is InChI=1S/C44H40N10O9/c45-40(46)49-21-19-33(53-42(58)60-27-9-3-1-4-10-27)37(55)51-25-15-17-31-35(23-25)62-36-24-26(16-18-32(36)44(31)30-14-8-7-13-29(30)39(57)63-44)52-38(56)34(20-22-50-41(47)48)54-43(59)61-28-11-5-2-6-12-28/h1-18,23-24,33-34,49-50H,19-22,45,47H2,(H,51,55)(H,52,56)(H,53,58)(H,54,59). The van der Waals surface area contributed by atoms with Crippen LogP contribution in [0.1, 0.15) is 39.9 Å². The number of nitrogens with zero attached hydrogens (tertiary/aromatic N) is 2. The van der Waals surface area contributed by atoms with Crippen LogP contribution >= 0.6 is 0 Å². The summed E-state index contributed by atoms with van der Waals surface area (Å²) in [7, 11) is 0.